The molecule has 0 bridgehead atoms. The van der Waals surface area contributed by atoms with Crippen LogP contribution < -0.4 is 10.9 Å². The van der Waals surface area contributed by atoms with E-state index in [4.69, 9.17) is 4.52 Å². The normalized spacial score (nSPS) is 22.7. The first kappa shape index (κ1) is 14.9. The Balaban J connectivity index is 1.81. The molecule has 1 aromatic carbocycles. The quantitative estimate of drug-likeness (QED) is 0.895. The molecule has 0 aliphatic carbocycles. The van der Waals surface area contributed by atoms with Crippen LogP contribution in [0, 0.1) is 0 Å². The summed E-state index contributed by atoms with van der Waals surface area (Å²) < 4.78 is 43.5. The third kappa shape index (κ3) is 3.09. The Kier molecular flexibility index (Phi) is 3.82. The second kappa shape index (κ2) is 5.64. The van der Waals surface area contributed by atoms with E-state index in [-0.39, 0.29) is 17.5 Å². The minimum absolute atomic E-state index is 0.0137. The molecular weight excluding hydrogens is 297 g/mol. The predicted molar refractivity (Wildman–Crippen MR) is 73.5 cm³/mol. The van der Waals surface area contributed by atoms with Crippen molar-refractivity contribution in [1.29, 1.82) is 0 Å². The van der Waals surface area contributed by atoms with Crippen molar-refractivity contribution in [3.8, 4) is 0 Å². The molecule has 118 valence electrons. The van der Waals surface area contributed by atoms with Crippen molar-refractivity contribution in [1.82, 2.24) is 10.5 Å². The smallest absolute Gasteiger partial charge is 0.383 e. The van der Waals surface area contributed by atoms with E-state index in [9.17, 15) is 18.0 Å². The lowest BCUT2D eigenvalue weighted by Gasteiger charge is -2.29. The van der Waals surface area contributed by atoms with E-state index in [0.29, 0.717) is 24.3 Å². The highest BCUT2D eigenvalue weighted by atomic mass is 19.4. The van der Waals surface area contributed by atoms with Crippen LogP contribution in [0.15, 0.2) is 39.6 Å². The molecule has 1 aromatic heterocycles. The minimum Gasteiger partial charge on any atom is -0.383 e. The average Bonchev–Trinajstić information content (AvgIpc) is 2.93. The maximum absolute atomic E-state index is 12.8. The van der Waals surface area contributed by atoms with Gasteiger partial charge in [0.25, 0.3) is 5.56 Å². The third-order valence-electron chi connectivity index (χ3n) is 3.97. The molecule has 1 aliphatic heterocycles. The average molecular weight is 312 g/mol. The van der Waals surface area contributed by atoms with Gasteiger partial charge in [0.1, 0.15) is 5.76 Å². The summed E-state index contributed by atoms with van der Waals surface area (Å²) in [6.07, 6.45) is -2.99. The summed E-state index contributed by atoms with van der Waals surface area (Å²) in [5.74, 6) is 0.572. The Labute approximate surface area is 124 Å². The van der Waals surface area contributed by atoms with E-state index >= 15 is 0 Å². The fraction of sp³-hybridized carbons (Fsp3) is 0.400. The summed E-state index contributed by atoms with van der Waals surface area (Å²) >= 11 is 0. The highest BCUT2D eigenvalue weighted by molar-refractivity contribution is 5.29. The molecular formula is C15H15F3N2O2. The first-order chi connectivity index (χ1) is 10.4. The molecule has 1 saturated heterocycles. The zero-order valence-electron chi connectivity index (χ0n) is 11.6. The molecule has 0 amide bonds. The van der Waals surface area contributed by atoms with Crippen LogP contribution in [-0.4, -0.2) is 11.7 Å². The van der Waals surface area contributed by atoms with Crippen molar-refractivity contribution < 1.29 is 17.7 Å². The molecule has 0 saturated carbocycles. The molecule has 3 rings (SSSR count). The fourth-order valence-electron chi connectivity index (χ4n) is 2.86. The Morgan fingerprint density at radius 3 is 2.73 bits per heavy atom. The van der Waals surface area contributed by atoms with E-state index in [1.165, 1.54) is 18.2 Å². The van der Waals surface area contributed by atoms with Gasteiger partial charge in [0.05, 0.1) is 5.56 Å². The van der Waals surface area contributed by atoms with Gasteiger partial charge in [-0.3, -0.25) is 4.79 Å². The Bertz CT molecular complexity index is 705. The van der Waals surface area contributed by atoms with E-state index < -0.39 is 11.7 Å². The van der Waals surface area contributed by atoms with Gasteiger partial charge in [-0.25, -0.2) is 0 Å². The molecule has 1 fully saturated rings. The van der Waals surface area contributed by atoms with Crippen LogP contribution in [0.4, 0.5) is 13.2 Å². The third-order valence-corrected chi connectivity index (χ3v) is 3.97. The van der Waals surface area contributed by atoms with Crippen molar-refractivity contribution in [3.05, 3.63) is 57.6 Å². The second-order valence-corrected chi connectivity index (χ2v) is 5.47. The zero-order chi connectivity index (χ0) is 15.7. The van der Waals surface area contributed by atoms with Crippen LogP contribution in [0.3, 0.4) is 0 Å². The van der Waals surface area contributed by atoms with E-state index in [2.05, 4.69) is 10.5 Å². The highest BCUT2D eigenvalue weighted by Gasteiger charge is 2.32. The Hall–Kier alpha value is -2.02. The molecule has 2 unspecified atom stereocenters. The lowest BCUT2D eigenvalue weighted by Crippen LogP contribution is -2.31. The number of hydrogen-bond acceptors (Lipinski definition) is 3. The first-order valence-corrected chi connectivity index (χ1v) is 7.02. The van der Waals surface area contributed by atoms with Gasteiger partial charge in [-0.05, 0) is 37.1 Å². The molecule has 0 spiro atoms. The van der Waals surface area contributed by atoms with Crippen LogP contribution in [0.5, 0.6) is 0 Å². The lowest BCUT2D eigenvalue weighted by molar-refractivity contribution is -0.137. The summed E-state index contributed by atoms with van der Waals surface area (Å²) in [6.45, 7) is 0.653. The van der Waals surface area contributed by atoms with E-state index in [1.807, 2.05) is 0 Å². The van der Waals surface area contributed by atoms with Gasteiger partial charge in [0.2, 0.25) is 0 Å². The molecule has 2 aromatic rings. The first-order valence-electron chi connectivity index (χ1n) is 7.02. The van der Waals surface area contributed by atoms with Crippen LogP contribution in [0.2, 0.25) is 0 Å². The van der Waals surface area contributed by atoms with E-state index in [1.54, 1.807) is 6.07 Å². The number of aromatic nitrogens is 1. The van der Waals surface area contributed by atoms with Gasteiger partial charge >= 0.3 is 6.18 Å². The number of aromatic amines is 1. The zero-order valence-corrected chi connectivity index (χ0v) is 11.6. The maximum atomic E-state index is 12.8. The SMILES string of the molecule is O=c1cc(C2CCNC(c3cccc(C(F)(F)F)c3)C2)o[nH]1. The van der Waals surface area contributed by atoms with Crippen LogP contribution >= 0.6 is 0 Å². The summed E-state index contributed by atoms with van der Waals surface area (Å²) in [7, 11) is 0. The number of benzene rings is 1. The van der Waals surface area contributed by atoms with E-state index in [0.717, 1.165) is 12.5 Å². The number of H-pyrrole nitrogens is 1. The molecule has 4 nitrogen and oxygen atoms in total. The van der Waals surface area contributed by atoms with Crippen molar-refractivity contribution >= 4 is 0 Å². The van der Waals surface area contributed by atoms with Gasteiger partial charge in [0.15, 0.2) is 0 Å². The summed E-state index contributed by atoms with van der Waals surface area (Å²) in [6, 6.07) is 6.55. The molecule has 22 heavy (non-hydrogen) atoms. The number of nitrogens with one attached hydrogen (secondary N) is 2. The predicted octanol–water partition coefficient (Wildman–Crippen LogP) is 3.20. The van der Waals surface area contributed by atoms with Gasteiger partial charge < -0.3 is 9.84 Å². The monoisotopic (exact) mass is 312 g/mol. The Morgan fingerprint density at radius 1 is 1.23 bits per heavy atom. The summed E-state index contributed by atoms with van der Waals surface area (Å²) in [4.78, 5) is 11.1. The van der Waals surface area contributed by atoms with Gasteiger partial charge in [-0.2, -0.15) is 18.3 Å². The number of piperidine rings is 1. The number of rotatable bonds is 2. The standard InChI is InChI=1S/C15H15F3N2O2/c16-15(17,18)11-3-1-2-9(6-11)12-7-10(4-5-19-12)13-8-14(21)20-22-13/h1-3,6,8,10,12,19H,4-5,7H2,(H,20,21). The van der Waals surface area contributed by atoms with Crippen LogP contribution in [0.25, 0.3) is 0 Å². The van der Waals surface area contributed by atoms with Gasteiger partial charge in [0, 0.05) is 18.0 Å². The lowest BCUT2D eigenvalue weighted by atomic mass is 9.87. The van der Waals surface area contributed by atoms with Crippen LogP contribution in [-0.2, 0) is 6.18 Å². The Morgan fingerprint density at radius 2 is 2.05 bits per heavy atom. The molecule has 2 heterocycles. The number of alkyl halides is 3. The van der Waals surface area contributed by atoms with Crippen molar-refractivity contribution in [2.75, 3.05) is 6.54 Å². The molecule has 2 N–H and O–H groups in total. The largest absolute Gasteiger partial charge is 0.416 e. The summed E-state index contributed by atoms with van der Waals surface area (Å²) in [5.41, 5.74) is -0.358. The van der Waals surface area contributed by atoms with Gasteiger partial charge in [-0.15, -0.1) is 0 Å². The molecule has 1 aliphatic rings. The minimum atomic E-state index is -4.35. The van der Waals surface area contributed by atoms with Crippen molar-refractivity contribution in [2.24, 2.45) is 0 Å². The maximum Gasteiger partial charge on any atom is 0.416 e. The van der Waals surface area contributed by atoms with Crippen molar-refractivity contribution in [3.63, 3.8) is 0 Å². The topological polar surface area (TPSA) is 58.0 Å². The van der Waals surface area contributed by atoms with Gasteiger partial charge in [-0.1, -0.05) is 12.1 Å². The number of hydrogen-bond donors (Lipinski definition) is 2. The van der Waals surface area contributed by atoms with Crippen molar-refractivity contribution in [2.45, 2.75) is 31.0 Å². The van der Waals surface area contributed by atoms with Crippen LogP contribution in [0.1, 0.15) is 41.7 Å². The number of halogens is 3. The second-order valence-electron chi connectivity index (χ2n) is 5.47. The fourth-order valence-corrected chi connectivity index (χ4v) is 2.86. The molecule has 0 radical (unpaired) electrons. The summed E-state index contributed by atoms with van der Waals surface area (Å²) in [5, 5.41) is 5.47. The molecule has 7 heteroatoms. The highest BCUT2D eigenvalue weighted by Crippen LogP contribution is 2.36. The molecule has 2 atom stereocenters.